The number of piperazine rings is 1. The van der Waals surface area contributed by atoms with Crippen LogP contribution in [0.25, 0.3) is 0 Å². The van der Waals surface area contributed by atoms with Gasteiger partial charge in [0.25, 0.3) is 0 Å². The molecule has 0 bridgehead atoms. The zero-order chi connectivity index (χ0) is 26.4. The van der Waals surface area contributed by atoms with E-state index in [-0.39, 0.29) is 23.0 Å². The summed E-state index contributed by atoms with van der Waals surface area (Å²) >= 11 is 0. The van der Waals surface area contributed by atoms with Crippen molar-refractivity contribution >= 4 is 21.6 Å². The van der Waals surface area contributed by atoms with Gasteiger partial charge < -0.3 is 14.5 Å². The van der Waals surface area contributed by atoms with Crippen LogP contribution in [0.4, 0.5) is 10.1 Å². The number of hydrogen-bond donors (Lipinski definition) is 1. The summed E-state index contributed by atoms with van der Waals surface area (Å²) in [4.78, 5) is 17.2. The Balaban J connectivity index is 1.52. The van der Waals surface area contributed by atoms with Crippen molar-refractivity contribution in [3.8, 4) is 5.75 Å². The predicted octanol–water partition coefficient (Wildman–Crippen LogP) is 3.77. The second kappa shape index (κ2) is 11.7. The summed E-state index contributed by atoms with van der Waals surface area (Å²) in [5.74, 6) is 0.0111. The Bertz CT molecular complexity index is 1330. The summed E-state index contributed by atoms with van der Waals surface area (Å²) in [5.41, 5.74) is 2.04. The molecule has 7 nitrogen and oxygen atoms in total. The van der Waals surface area contributed by atoms with E-state index in [0.717, 1.165) is 5.56 Å². The van der Waals surface area contributed by atoms with E-state index in [1.54, 1.807) is 42.2 Å². The summed E-state index contributed by atoms with van der Waals surface area (Å²) in [5, 5.41) is 0. The van der Waals surface area contributed by atoms with E-state index in [0.29, 0.717) is 49.8 Å². The van der Waals surface area contributed by atoms with Crippen molar-refractivity contribution in [2.24, 2.45) is 0 Å². The minimum absolute atomic E-state index is 0.0729. The molecular weight excluding hydrogens is 493 g/mol. The number of amides is 1. The number of carbonyl (C=O) groups excluding carboxylic acids is 1. The minimum atomic E-state index is -3.99. The lowest BCUT2D eigenvalue weighted by Crippen LogP contribution is -2.55. The Hall–Kier alpha value is -3.43. The molecular formula is C28H32FN3O4S. The van der Waals surface area contributed by atoms with Gasteiger partial charge in [-0.2, -0.15) is 4.72 Å². The lowest BCUT2D eigenvalue weighted by molar-refractivity contribution is -0.133. The molecule has 196 valence electrons. The number of benzene rings is 3. The second-order valence-corrected chi connectivity index (χ2v) is 10.7. The Morgan fingerprint density at radius 3 is 2.32 bits per heavy atom. The summed E-state index contributed by atoms with van der Waals surface area (Å²) in [6, 6.07) is 19.5. The zero-order valence-electron chi connectivity index (χ0n) is 21.1. The third-order valence-electron chi connectivity index (χ3n) is 6.42. The highest BCUT2D eigenvalue weighted by Gasteiger charge is 2.32. The average molecular weight is 526 g/mol. The molecule has 4 rings (SSSR count). The highest BCUT2D eigenvalue weighted by molar-refractivity contribution is 7.89. The van der Waals surface area contributed by atoms with Crippen molar-refractivity contribution in [2.75, 3.05) is 37.7 Å². The number of aryl methyl sites for hydroxylation is 1. The molecule has 1 amide bonds. The molecule has 1 atom stereocenters. The molecule has 1 N–H and O–H groups in total. The first-order valence-electron chi connectivity index (χ1n) is 12.4. The van der Waals surface area contributed by atoms with Crippen LogP contribution in [-0.2, 0) is 21.2 Å². The minimum Gasteiger partial charge on any atom is -0.494 e. The first kappa shape index (κ1) is 26.6. The Morgan fingerprint density at radius 1 is 1.00 bits per heavy atom. The highest BCUT2D eigenvalue weighted by Crippen LogP contribution is 2.23. The van der Waals surface area contributed by atoms with Gasteiger partial charge in [0, 0.05) is 26.2 Å². The van der Waals surface area contributed by atoms with E-state index < -0.39 is 16.1 Å². The fourth-order valence-electron chi connectivity index (χ4n) is 4.49. The monoisotopic (exact) mass is 525 g/mol. The number of nitrogens with one attached hydrogen (secondary N) is 1. The smallest absolute Gasteiger partial charge is 0.241 e. The molecule has 1 unspecified atom stereocenters. The Labute approximate surface area is 217 Å². The van der Waals surface area contributed by atoms with E-state index >= 15 is 0 Å². The van der Waals surface area contributed by atoms with Crippen LogP contribution >= 0.6 is 0 Å². The predicted molar refractivity (Wildman–Crippen MR) is 142 cm³/mol. The number of para-hydroxylation sites is 1. The molecule has 0 saturated carbocycles. The van der Waals surface area contributed by atoms with Crippen LogP contribution in [0.2, 0.25) is 0 Å². The van der Waals surface area contributed by atoms with Crippen LogP contribution in [0.1, 0.15) is 18.1 Å². The molecule has 9 heteroatoms. The van der Waals surface area contributed by atoms with Gasteiger partial charge in [-0.25, -0.2) is 12.8 Å². The van der Waals surface area contributed by atoms with E-state index in [1.165, 1.54) is 12.1 Å². The largest absolute Gasteiger partial charge is 0.494 e. The van der Waals surface area contributed by atoms with Crippen LogP contribution in [0.5, 0.6) is 5.75 Å². The second-order valence-electron chi connectivity index (χ2n) is 8.99. The van der Waals surface area contributed by atoms with Crippen molar-refractivity contribution in [1.29, 1.82) is 0 Å². The van der Waals surface area contributed by atoms with E-state index in [9.17, 15) is 17.6 Å². The van der Waals surface area contributed by atoms with Crippen LogP contribution in [0.15, 0.2) is 77.7 Å². The van der Waals surface area contributed by atoms with Gasteiger partial charge in [0.2, 0.25) is 15.9 Å². The maximum absolute atomic E-state index is 14.2. The lowest BCUT2D eigenvalue weighted by Gasteiger charge is -2.37. The van der Waals surface area contributed by atoms with Crippen molar-refractivity contribution in [2.45, 2.75) is 31.2 Å². The van der Waals surface area contributed by atoms with Crippen molar-refractivity contribution in [3.05, 3.63) is 89.7 Å². The third kappa shape index (κ3) is 6.47. The molecule has 37 heavy (non-hydrogen) atoms. The van der Waals surface area contributed by atoms with Crippen LogP contribution < -0.4 is 14.4 Å². The molecule has 3 aromatic carbocycles. The van der Waals surface area contributed by atoms with E-state index in [1.807, 2.05) is 42.2 Å². The quantitative estimate of drug-likeness (QED) is 0.460. The third-order valence-corrected chi connectivity index (χ3v) is 7.89. The first-order valence-corrected chi connectivity index (χ1v) is 13.8. The molecule has 0 radical (unpaired) electrons. The maximum atomic E-state index is 14.2. The normalized spacial score (nSPS) is 14.9. The zero-order valence-corrected chi connectivity index (χ0v) is 21.9. The Morgan fingerprint density at radius 2 is 1.68 bits per heavy atom. The molecule has 3 aromatic rings. The summed E-state index contributed by atoms with van der Waals surface area (Å²) < 4.78 is 49.1. The molecule has 1 aliphatic rings. The number of rotatable bonds is 9. The topological polar surface area (TPSA) is 78.9 Å². The highest BCUT2D eigenvalue weighted by atomic mass is 32.2. The van der Waals surface area contributed by atoms with Crippen molar-refractivity contribution in [1.82, 2.24) is 9.62 Å². The van der Waals surface area contributed by atoms with Crippen molar-refractivity contribution in [3.63, 3.8) is 0 Å². The molecule has 1 fully saturated rings. The SMILES string of the molecule is CCOc1ccc(S(=O)(=O)NC(Cc2ccccc2)C(=O)N2CCN(c3ccccc3F)CC2)cc1C. The number of hydrogen-bond acceptors (Lipinski definition) is 5. The number of anilines is 1. The molecule has 1 saturated heterocycles. The van der Waals surface area contributed by atoms with Gasteiger partial charge in [-0.05, 0) is 61.7 Å². The van der Waals surface area contributed by atoms with Gasteiger partial charge in [0.05, 0.1) is 17.2 Å². The van der Waals surface area contributed by atoms with Crippen LogP contribution in [0.3, 0.4) is 0 Å². The van der Waals surface area contributed by atoms with E-state index in [4.69, 9.17) is 4.74 Å². The first-order chi connectivity index (χ1) is 17.8. The number of sulfonamides is 1. The number of ether oxygens (including phenoxy) is 1. The molecule has 1 heterocycles. The lowest BCUT2D eigenvalue weighted by atomic mass is 10.1. The average Bonchev–Trinajstić information content (AvgIpc) is 2.90. The fraction of sp³-hybridized carbons (Fsp3) is 0.321. The molecule has 0 aromatic heterocycles. The van der Waals surface area contributed by atoms with Crippen LogP contribution in [-0.4, -0.2) is 58.1 Å². The van der Waals surface area contributed by atoms with Gasteiger partial charge in [-0.1, -0.05) is 42.5 Å². The van der Waals surface area contributed by atoms with Crippen molar-refractivity contribution < 1.29 is 22.3 Å². The Kier molecular flexibility index (Phi) is 8.45. The molecule has 0 aliphatic carbocycles. The molecule has 0 spiro atoms. The van der Waals surface area contributed by atoms with Gasteiger partial charge in [0.15, 0.2) is 0 Å². The van der Waals surface area contributed by atoms with Gasteiger partial charge in [-0.15, -0.1) is 0 Å². The summed E-state index contributed by atoms with van der Waals surface area (Å²) in [6.45, 7) is 5.76. The summed E-state index contributed by atoms with van der Waals surface area (Å²) in [6.07, 6.45) is 0.211. The number of carbonyl (C=O) groups is 1. The summed E-state index contributed by atoms with van der Waals surface area (Å²) in [7, 11) is -3.99. The van der Waals surface area contributed by atoms with Gasteiger partial charge in [-0.3, -0.25) is 4.79 Å². The van der Waals surface area contributed by atoms with Gasteiger partial charge >= 0.3 is 0 Å². The number of nitrogens with zero attached hydrogens (tertiary/aromatic N) is 2. The molecule has 1 aliphatic heterocycles. The maximum Gasteiger partial charge on any atom is 0.241 e. The standard InChI is InChI=1S/C28H32FN3O4S/c1-3-36-27-14-13-23(19-21(27)2)37(34,35)30-25(20-22-9-5-4-6-10-22)28(33)32-17-15-31(16-18-32)26-12-8-7-11-24(26)29/h4-14,19,25,30H,3,15-18,20H2,1-2H3. The van der Waals surface area contributed by atoms with E-state index in [2.05, 4.69) is 4.72 Å². The van der Waals surface area contributed by atoms with Crippen LogP contribution in [0, 0.1) is 12.7 Å². The fourth-order valence-corrected chi connectivity index (χ4v) is 5.76. The number of halogens is 1. The van der Waals surface area contributed by atoms with Gasteiger partial charge in [0.1, 0.15) is 17.6 Å².